The molecule has 0 aliphatic carbocycles. The smallest absolute Gasteiger partial charge is 0.376 e. The van der Waals surface area contributed by atoms with E-state index >= 15 is 0 Å². The number of carbonyl (C=O) groups excluding carboxylic acids is 1. The van der Waals surface area contributed by atoms with Crippen LogP contribution in [-0.2, 0) is 11.0 Å². The lowest BCUT2D eigenvalue weighted by molar-refractivity contribution is -0.137. The summed E-state index contributed by atoms with van der Waals surface area (Å²) in [5.74, 6) is -1.20. The SMILES string of the molecule is O=C(CNc1cccc(C(F)(F)F)c1)Nc1ccc(Br)cc1F. The first-order valence-electron chi connectivity index (χ1n) is 6.42. The number of hydrogen-bond donors (Lipinski definition) is 2. The van der Waals surface area contributed by atoms with Gasteiger partial charge in [-0.2, -0.15) is 13.2 Å². The van der Waals surface area contributed by atoms with Gasteiger partial charge in [-0.05, 0) is 36.4 Å². The Balaban J connectivity index is 1.97. The van der Waals surface area contributed by atoms with E-state index in [2.05, 4.69) is 26.6 Å². The van der Waals surface area contributed by atoms with Gasteiger partial charge < -0.3 is 10.6 Å². The van der Waals surface area contributed by atoms with Crippen LogP contribution in [0, 0.1) is 5.82 Å². The number of nitrogens with one attached hydrogen (secondary N) is 2. The molecule has 0 aromatic heterocycles. The van der Waals surface area contributed by atoms with E-state index in [1.807, 2.05) is 0 Å². The number of carbonyl (C=O) groups is 1. The summed E-state index contributed by atoms with van der Waals surface area (Å²) in [6, 6.07) is 8.59. The first kappa shape index (κ1) is 17.3. The van der Waals surface area contributed by atoms with E-state index in [0.717, 1.165) is 12.1 Å². The van der Waals surface area contributed by atoms with Crippen LogP contribution in [-0.4, -0.2) is 12.5 Å². The van der Waals surface area contributed by atoms with Crippen molar-refractivity contribution in [3.63, 3.8) is 0 Å². The summed E-state index contributed by atoms with van der Waals surface area (Å²) in [7, 11) is 0. The third-order valence-electron chi connectivity index (χ3n) is 2.85. The van der Waals surface area contributed by atoms with Crippen LogP contribution in [0.3, 0.4) is 0 Å². The average Bonchev–Trinajstić information content (AvgIpc) is 2.47. The Hall–Kier alpha value is -2.09. The van der Waals surface area contributed by atoms with E-state index < -0.39 is 23.5 Å². The Morgan fingerprint density at radius 1 is 1.13 bits per heavy atom. The third kappa shape index (κ3) is 4.95. The van der Waals surface area contributed by atoms with Crippen LogP contribution in [0.2, 0.25) is 0 Å². The van der Waals surface area contributed by atoms with Crippen LogP contribution in [0.4, 0.5) is 28.9 Å². The molecule has 23 heavy (non-hydrogen) atoms. The molecule has 0 heterocycles. The predicted molar refractivity (Wildman–Crippen MR) is 82.7 cm³/mol. The average molecular weight is 391 g/mol. The standard InChI is InChI=1S/C15H11BrF4N2O/c16-10-4-5-13(12(17)7-10)22-14(23)8-21-11-3-1-2-9(6-11)15(18,19)20/h1-7,21H,8H2,(H,22,23). The maximum absolute atomic E-state index is 13.6. The lowest BCUT2D eigenvalue weighted by atomic mass is 10.2. The minimum absolute atomic E-state index is 0.0101. The number of halogens is 5. The summed E-state index contributed by atoms with van der Waals surface area (Å²) >= 11 is 3.09. The Morgan fingerprint density at radius 3 is 2.52 bits per heavy atom. The van der Waals surface area contributed by atoms with E-state index in [1.54, 1.807) is 6.07 Å². The van der Waals surface area contributed by atoms with Crippen molar-refractivity contribution in [2.75, 3.05) is 17.2 Å². The molecule has 0 aliphatic heterocycles. The van der Waals surface area contributed by atoms with Gasteiger partial charge in [0, 0.05) is 10.2 Å². The molecule has 122 valence electrons. The molecule has 0 atom stereocenters. The van der Waals surface area contributed by atoms with Crippen molar-refractivity contribution in [2.24, 2.45) is 0 Å². The summed E-state index contributed by atoms with van der Waals surface area (Å²) in [6.07, 6.45) is -4.46. The Kier molecular flexibility index (Phi) is 5.25. The molecule has 0 unspecified atom stereocenters. The number of rotatable bonds is 4. The Morgan fingerprint density at radius 2 is 1.87 bits per heavy atom. The van der Waals surface area contributed by atoms with Crippen LogP contribution in [0.25, 0.3) is 0 Å². The summed E-state index contributed by atoms with van der Waals surface area (Å²) in [5, 5.41) is 4.90. The quantitative estimate of drug-likeness (QED) is 0.745. The van der Waals surface area contributed by atoms with Crippen LogP contribution >= 0.6 is 15.9 Å². The van der Waals surface area contributed by atoms with Gasteiger partial charge >= 0.3 is 6.18 Å². The Bertz CT molecular complexity index is 719. The van der Waals surface area contributed by atoms with Gasteiger partial charge in [-0.3, -0.25) is 4.79 Å². The zero-order chi connectivity index (χ0) is 17.0. The minimum atomic E-state index is -4.46. The summed E-state index contributed by atoms with van der Waals surface area (Å²) < 4.78 is 51.8. The second-order valence-electron chi connectivity index (χ2n) is 4.60. The maximum Gasteiger partial charge on any atom is 0.416 e. The van der Waals surface area contributed by atoms with E-state index in [0.29, 0.717) is 4.47 Å². The maximum atomic E-state index is 13.6. The van der Waals surface area contributed by atoms with Gasteiger partial charge in [-0.1, -0.05) is 22.0 Å². The van der Waals surface area contributed by atoms with Crippen LogP contribution in [0.1, 0.15) is 5.56 Å². The molecular weight excluding hydrogens is 380 g/mol. The molecule has 0 aliphatic rings. The van der Waals surface area contributed by atoms with Gasteiger partial charge in [-0.15, -0.1) is 0 Å². The largest absolute Gasteiger partial charge is 0.416 e. The number of amides is 1. The topological polar surface area (TPSA) is 41.1 Å². The molecule has 1 amide bonds. The van der Waals surface area contributed by atoms with Crippen molar-refractivity contribution < 1.29 is 22.4 Å². The predicted octanol–water partition coefficient (Wildman–Crippen LogP) is 4.66. The number of hydrogen-bond acceptors (Lipinski definition) is 2. The fraction of sp³-hybridized carbons (Fsp3) is 0.133. The van der Waals surface area contributed by atoms with Crippen molar-refractivity contribution in [1.82, 2.24) is 0 Å². The van der Waals surface area contributed by atoms with Gasteiger partial charge in [-0.25, -0.2) is 4.39 Å². The summed E-state index contributed by atoms with van der Waals surface area (Å²) in [5.41, 5.74) is -0.683. The van der Waals surface area contributed by atoms with E-state index in [4.69, 9.17) is 0 Å². The zero-order valence-electron chi connectivity index (χ0n) is 11.5. The molecule has 0 saturated carbocycles. The lowest BCUT2D eigenvalue weighted by Crippen LogP contribution is -2.22. The van der Waals surface area contributed by atoms with Crippen molar-refractivity contribution in [1.29, 1.82) is 0 Å². The number of anilines is 2. The fourth-order valence-electron chi connectivity index (χ4n) is 1.77. The highest BCUT2D eigenvalue weighted by molar-refractivity contribution is 9.10. The molecule has 2 aromatic rings. The number of alkyl halides is 3. The molecular formula is C15H11BrF4N2O. The van der Waals surface area contributed by atoms with Gasteiger partial charge in [0.15, 0.2) is 0 Å². The van der Waals surface area contributed by atoms with Gasteiger partial charge in [0.1, 0.15) is 5.82 Å². The Labute approximate surface area is 137 Å². The molecule has 0 bridgehead atoms. The molecule has 2 N–H and O–H groups in total. The van der Waals surface area contributed by atoms with E-state index in [-0.39, 0.29) is 17.9 Å². The molecule has 3 nitrogen and oxygen atoms in total. The van der Waals surface area contributed by atoms with Gasteiger partial charge in [0.2, 0.25) is 5.91 Å². The molecule has 0 spiro atoms. The van der Waals surface area contributed by atoms with Crippen LogP contribution in [0.15, 0.2) is 46.9 Å². The molecule has 0 radical (unpaired) electrons. The highest BCUT2D eigenvalue weighted by Crippen LogP contribution is 2.30. The highest BCUT2D eigenvalue weighted by Gasteiger charge is 2.30. The first-order valence-corrected chi connectivity index (χ1v) is 7.21. The van der Waals surface area contributed by atoms with E-state index in [1.165, 1.54) is 24.3 Å². The third-order valence-corrected chi connectivity index (χ3v) is 3.34. The molecule has 8 heteroatoms. The van der Waals surface area contributed by atoms with Crippen molar-refractivity contribution in [3.05, 3.63) is 58.3 Å². The molecule has 2 aromatic carbocycles. The normalized spacial score (nSPS) is 11.2. The minimum Gasteiger partial charge on any atom is -0.376 e. The summed E-state index contributed by atoms with van der Waals surface area (Å²) in [4.78, 5) is 11.7. The van der Waals surface area contributed by atoms with Crippen molar-refractivity contribution in [3.8, 4) is 0 Å². The summed E-state index contributed by atoms with van der Waals surface area (Å²) in [6.45, 7) is -0.295. The van der Waals surface area contributed by atoms with Gasteiger partial charge in [0.25, 0.3) is 0 Å². The first-order chi connectivity index (χ1) is 10.8. The van der Waals surface area contributed by atoms with E-state index in [9.17, 15) is 22.4 Å². The zero-order valence-corrected chi connectivity index (χ0v) is 13.1. The molecule has 2 rings (SSSR count). The lowest BCUT2D eigenvalue weighted by Gasteiger charge is -2.11. The van der Waals surface area contributed by atoms with Crippen LogP contribution < -0.4 is 10.6 Å². The van der Waals surface area contributed by atoms with Crippen molar-refractivity contribution in [2.45, 2.75) is 6.18 Å². The molecule has 0 fully saturated rings. The monoisotopic (exact) mass is 390 g/mol. The molecule has 0 saturated heterocycles. The van der Waals surface area contributed by atoms with Crippen molar-refractivity contribution >= 4 is 33.2 Å². The highest BCUT2D eigenvalue weighted by atomic mass is 79.9. The van der Waals surface area contributed by atoms with Gasteiger partial charge in [0.05, 0.1) is 17.8 Å². The fourth-order valence-corrected chi connectivity index (χ4v) is 2.11. The van der Waals surface area contributed by atoms with Crippen LogP contribution in [0.5, 0.6) is 0 Å². The second kappa shape index (κ2) is 6.99. The second-order valence-corrected chi connectivity index (χ2v) is 5.52. The number of benzene rings is 2.